The average Bonchev–Trinajstić information content (AvgIpc) is 2.63. The van der Waals surface area contributed by atoms with Gasteiger partial charge in [0, 0.05) is 19.4 Å². The molecule has 0 spiro atoms. The molecule has 0 atom stereocenters. The smallest absolute Gasteiger partial charge is 0.250 e. The van der Waals surface area contributed by atoms with Crippen LogP contribution in [0.3, 0.4) is 0 Å². The molecule has 0 fully saturated rings. The number of ether oxygens (including phenoxy) is 2. The second-order valence-electron chi connectivity index (χ2n) is 4.98. The van der Waals surface area contributed by atoms with Crippen LogP contribution in [0.5, 0.6) is 0 Å². The van der Waals surface area contributed by atoms with Gasteiger partial charge in [-0.05, 0) is 37.6 Å². The zero-order valence-corrected chi connectivity index (χ0v) is 14.7. The first-order valence-electron chi connectivity index (χ1n) is 8.01. The Morgan fingerprint density at radius 1 is 1.04 bits per heavy atom. The van der Waals surface area contributed by atoms with E-state index in [1.807, 2.05) is 74.5 Å². The molecule has 0 unspecified atom stereocenters. The zero-order chi connectivity index (χ0) is 17.3. The minimum atomic E-state index is -1.19. The molecule has 2 aromatic rings. The summed E-state index contributed by atoms with van der Waals surface area (Å²) >= 11 is 6.58. The van der Waals surface area contributed by atoms with E-state index in [1.165, 1.54) is 0 Å². The molecule has 1 aromatic heterocycles. The van der Waals surface area contributed by atoms with Gasteiger partial charge in [-0.3, -0.25) is 4.98 Å². The van der Waals surface area contributed by atoms with E-state index in [0.717, 1.165) is 5.56 Å². The van der Waals surface area contributed by atoms with Crippen molar-refractivity contribution in [2.75, 3.05) is 13.2 Å². The maximum atomic E-state index is 6.58. The van der Waals surface area contributed by atoms with Crippen LogP contribution in [0.25, 0.3) is 6.08 Å². The fraction of sp³-hybridized carbons (Fsp3) is 0.250. The second-order valence-corrected chi connectivity index (χ2v) is 5.39. The van der Waals surface area contributed by atoms with Crippen molar-refractivity contribution in [1.82, 2.24) is 4.98 Å². The van der Waals surface area contributed by atoms with Gasteiger partial charge in [0.15, 0.2) is 0 Å². The predicted molar refractivity (Wildman–Crippen MR) is 98.6 cm³/mol. The molecule has 0 aliphatic heterocycles. The summed E-state index contributed by atoms with van der Waals surface area (Å²) in [6.07, 6.45) is 7.34. The molecule has 0 aliphatic rings. The molecule has 0 amide bonds. The second kappa shape index (κ2) is 9.38. The Bertz CT molecular complexity index is 663. The van der Waals surface area contributed by atoms with Gasteiger partial charge in [0.2, 0.25) is 0 Å². The summed E-state index contributed by atoms with van der Waals surface area (Å²) in [7, 11) is 0. The molecule has 0 radical (unpaired) electrons. The molecule has 0 N–H and O–H groups in total. The molecule has 4 heteroatoms. The van der Waals surface area contributed by atoms with Gasteiger partial charge in [-0.15, -0.1) is 0 Å². The van der Waals surface area contributed by atoms with Crippen LogP contribution < -0.4 is 0 Å². The fourth-order valence-electron chi connectivity index (χ4n) is 2.33. The number of halogens is 1. The van der Waals surface area contributed by atoms with Crippen molar-refractivity contribution >= 4 is 17.7 Å². The highest BCUT2D eigenvalue weighted by Gasteiger charge is 2.39. The van der Waals surface area contributed by atoms with E-state index in [2.05, 4.69) is 4.98 Å². The number of hydrogen-bond donors (Lipinski definition) is 0. The van der Waals surface area contributed by atoms with Crippen LogP contribution in [0, 0.1) is 0 Å². The first-order chi connectivity index (χ1) is 11.7. The topological polar surface area (TPSA) is 31.4 Å². The van der Waals surface area contributed by atoms with Crippen LogP contribution in [0.1, 0.15) is 25.1 Å². The fourth-order valence-corrected chi connectivity index (χ4v) is 2.61. The average molecular weight is 344 g/mol. The van der Waals surface area contributed by atoms with Gasteiger partial charge in [0.1, 0.15) is 5.69 Å². The molecule has 126 valence electrons. The van der Waals surface area contributed by atoms with Crippen LogP contribution in [0.15, 0.2) is 71.9 Å². The number of rotatable bonds is 8. The minimum absolute atomic E-state index is 0.428. The lowest BCUT2D eigenvalue weighted by Crippen LogP contribution is -2.35. The summed E-state index contributed by atoms with van der Waals surface area (Å²) in [5.74, 6) is -1.19. The van der Waals surface area contributed by atoms with Crippen molar-refractivity contribution in [2.24, 2.45) is 0 Å². The molecule has 0 bridgehead atoms. The maximum absolute atomic E-state index is 6.58. The summed E-state index contributed by atoms with van der Waals surface area (Å²) in [6, 6.07) is 15.6. The van der Waals surface area contributed by atoms with Crippen LogP contribution in [0.2, 0.25) is 0 Å². The maximum Gasteiger partial charge on any atom is 0.250 e. The molecule has 24 heavy (non-hydrogen) atoms. The number of allylic oxidation sites excluding steroid dienone is 2. The Hall–Kier alpha value is -1.94. The van der Waals surface area contributed by atoms with Gasteiger partial charge in [0.25, 0.3) is 5.79 Å². The monoisotopic (exact) mass is 343 g/mol. The quantitative estimate of drug-likeness (QED) is 0.491. The van der Waals surface area contributed by atoms with Gasteiger partial charge in [-0.25, -0.2) is 0 Å². The van der Waals surface area contributed by atoms with E-state index in [-0.39, 0.29) is 0 Å². The van der Waals surface area contributed by atoms with Crippen molar-refractivity contribution in [3.63, 3.8) is 0 Å². The Labute approximate surface area is 148 Å². The van der Waals surface area contributed by atoms with Gasteiger partial charge >= 0.3 is 0 Å². The lowest BCUT2D eigenvalue weighted by Gasteiger charge is -2.32. The Morgan fingerprint density at radius 2 is 1.71 bits per heavy atom. The van der Waals surface area contributed by atoms with Crippen molar-refractivity contribution in [1.29, 1.82) is 0 Å². The molecule has 2 rings (SSSR count). The number of aromatic nitrogens is 1. The van der Waals surface area contributed by atoms with Crippen molar-refractivity contribution in [3.8, 4) is 0 Å². The molecular weight excluding hydrogens is 322 g/mol. The lowest BCUT2D eigenvalue weighted by atomic mass is 10.1. The van der Waals surface area contributed by atoms with Crippen LogP contribution in [0.4, 0.5) is 0 Å². The first kappa shape index (κ1) is 18.4. The van der Waals surface area contributed by atoms with Crippen molar-refractivity contribution in [2.45, 2.75) is 19.6 Å². The minimum Gasteiger partial charge on any atom is -0.341 e. The van der Waals surface area contributed by atoms with Gasteiger partial charge in [0.05, 0.1) is 5.03 Å². The van der Waals surface area contributed by atoms with Gasteiger partial charge in [-0.2, -0.15) is 0 Å². The van der Waals surface area contributed by atoms with E-state index in [0.29, 0.717) is 23.9 Å². The number of benzene rings is 1. The molecule has 0 saturated carbocycles. The van der Waals surface area contributed by atoms with E-state index in [9.17, 15) is 0 Å². The van der Waals surface area contributed by atoms with Crippen molar-refractivity contribution < 1.29 is 9.47 Å². The number of hydrogen-bond acceptors (Lipinski definition) is 3. The van der Waals surface area contributed by atoms with E-state index in [1.54, 1.807) is 12.3 Å². The molecule has 0 saturated heterocycles. The number of nitrogens with zero attached hydrogens (tertiary/aromatic N) is 1. The number of pyridine rings is 1. The molecule has 1 heterocycles. The summed E-state index contributed by atoms with van der Waals surface area (Å²) in [5, 5.41) is 0.428. The normalized spacial score (nSPS) is 12.7. The highest BCUT2D eigenvalue weighted by molar-refractivity contribution is 6.30. The lowest BCUT2D eigenvalue weighted by molar-refractivity contribution is -0.213. The third kappa shape index (κ3) is 4.54. The molecular formula is C20H22ClNO2. The van der Waals surface area contributed by atoms with Crippen LogP contribution >= 0.6 is 11.6 Å². The Kier molecular flexibility index (Phi) is 7.19. The Balaban J connectivity index is 2.34. The van der Waals surface area contributed by atoms with Gasteiger partial charge < -0.3 is 9.47 Å². The molecule has 0 aliphatic carbocycles. The van der Waals surface area contributed by atoms with E-state index < -0.39 is 5.79 Å². The SMILES string of the molecule is CCOC(OCC)(/C(Cl)=C/C=C/c1ccccc1)c1ccccn1. The summed E-state index contributed by atoms with van der Waals surface area (Å²) in [6.45, 7) is 4.70. The Morgan fingerprint density at radius 3 is 2.29 bits per heavy atom. The standard InChI is InChI=1S/C20H22ClNO2/c1-3-23-20(24-4-2,19-15-8-9-16-22-19)18(21)14-10-13-17-11-6-5-7-12-17/h5-16H,3-4H2,1-2H3/b13-10+,18-14-. The highest BCUT2D eigenvalue weighted by Crippen LogP contribution is 2.36. The molecule has 1 aromatic carbocycles. The van der Waals surface area contributed by atoms with E-state index in [4.69, 9.17) is 21.1 Å². The largest absolute Gasteiger partial charge is 0.341 e. The zero-order valence-electron chi connectivity index (χ0n) is 14.0. The highest BCUT2D eigenvalue weighted by atomic mass is 35.5. The van der Waals surface area contributed by atoms with Crippen LogP contribution in [-0.4, -0.2) is 18.2 Å². The van der Waals surface area contributed by atoms with Gasteiger partial charge in [-0.1, -0.05) is 60.2 Å². The molecule has 3 nitrogen and oxygen atoms in total. The third-order valence-electron chi connectivity index (χ3n) is 3.34. The summed E-state index contributed by atoms with van der Waals surface area (Å²) in [4.78, 5) is 4.38. The summed E-state index contributed by atoms with van der Waals surface area (Å²) in [5.41, 5.74) is 1.72. The predicted octanol–water partition coefficient (Wildman–Crippen LogP) is 5.14. The van der Waals surface area contributed by atoms with Crippen LogP contribution in [-0.2, 0) is 15.3 Å². The first-order valence-corrected chi connectivity index (χ1v) is 8.39. The summed E-state index contributed by atoms with van der Waals surface area (Å²) < 4.78 is 11.8. The van der Waals surface area contributed by atoms with Crippen molar-refractivity contribution in [3.05, 3.63) is 83.2 Å². The third-order valence-corrected chi connectivity index (χ3v) is 3.72. The van der Waals surface area contributed by atoms with E-state index >= 15 is 0 Å².